The van der Waals surface area contributed by atoms with Gasteiger partial charge in [-0.25, -0.2) is 0 Å². The van der Waals surface area contributed by atoms with E-state index in [-0.39, 0.29) is 5.11 Å². The Kier molecular flexibility index (Phi) is 5.46. The van der Waals surface area contributed by atoms with Gasteiger partial charge in [0.05, 0.1) is 17.8 Å². The molecule has 2 rings (SSSR count). The Bertz CT molecular complexity index is 720. The summed E-state index contributed by atoms with van der Waals surface area (Å²) in [6.45, 7) is 0.409. The molecule has 0 heterocycles. The van der Waals surface area contributed by atoms with Gasteiger partial charge < -0.3 is 10.5 Å². The number of rotatable bonds is 5. The highest BCUT2D eigenvalue weighted by Gasteiger charge is 1.98. The first-order valence-electron chi connectivity index (χ1n) is 6.48. The molecule has 0 bridgehead atoms. The van der Waals surface area contributed by atoms with Gasteiger partial charge in [0, 0.05) is 0 Å². The van der Waals surface area contributed by atoms with E-state index in [1.54, 1.807) is 12.3 Å². The monoisotopic (exact) mass is 310 g/mol. The molecular formula is C16H14N4OS. The van der Waals surface area contributed by atoms with E-state index in [4.69, 9.17) is 15.7 Å². The maximum Gasteiger partial charge on any atom is 0.184 e. The summed E-state index contributed by atoms with van der Waals surface area (Å²) in [5, 5.41) is 12.9. The van der Waals surface area contributed by atoms with Crippen molar-refractivity contribution in [2.45, 2.75) is 6.61 Å². The summed E-state index contributed by atoms with van der Waals surface area (Å²) in [6.07, 6.45) is 1.61. The fourth-order valence-electron chi connectivity index (χ4n) is 1.72. The van der Waals surface area contributed by atoms with Crippen LogP contribution in [0.2, 0.25) is 0 Å². The van der Waals surface area contributed by atoms with Gasteiger partial charge in [-0.3, -0.25) is 5.43 Å². The quantitative estimate of drug-likeness (QED) is 0.503. The highest BCUT2D eigenvalue weighted by atomic mass is 32.1. The number of nitrogens with one attached hydrogen (secondary N) is 1. The zero-order chi connectivity index (χ0) is 15.8. The molecule has 0 aliphatic heterocycles. The van der Waals surface area contributed by atoms with Crippen molar-refractivity contribution in [2.24, 2.45) is 10.8 Å². The Morgan fingerprint density at radius 3 is 2.77 bits per heavy atom. The molecule has 110 valence electrons. The third kappa shape index (κ3) is 4.89. The smallest absolute Gasteiger partial charge is 0.184 e. The third-order valence-electron chi connectivity index (χ3n) is 2.73. The lowest BCUT2D eigenvalue weighted by Gasteiger charge is -2.06. The number of nitrogens with zero attached hydrogens (tertiary/aromatic N) is 2. The van der Waals surface area contributed by atoms with Crippen molar-refractivity contribution in [3.05, 3.63) is 65.2 Å². The lowest BCUT2D eigenvalue weighted by atomic mass is 10.1. The minimum Gasteiger partial charge on any atom is -0.489 e. The van der Waals surface area contributed by atoms with E-state index < -0.39 is 0 Å². The lowest BCUT2D eigenvalue weighted by Crippen LogP contribution is -2.23. The van der Waals surface area contributed by atoms with Crippen LogP contribution in [0.5, 0.6) is 5.75 Å². The molecular weight excluding hydrogens is 296 g/mol. The molecule has 2 aromatic carbocycles. The largest absolute Gasteiger partial charge is 0.489 e. The molecule has 0 fully saturated rings. The molecule has 2 aromatic rings. The number of ether oxygens (including phenoxy) is 1. The molecule has 0 amide bonds. The molecule has 22 heavy (non-hydrogen) atoms. The minimum atomic E-state index is 0.121. The summed E-state index contributed by atoms with van der Waals surface area (Å²) in [7, 11) is 0. The molecule has 6 heteroatoms. The van der Waals surface area contributed by atoms with Crippen molar-refractivity contribution in [1.29, 1.82) is 5.26 Å². The minimum absolute atomic E-state index is 0.121. The fraction of sp³-hybridized carbons (Fsp3) is 0.0625. The average Bonchev–Trinajstić information content (AvgIpc) is 2.54. The summed E-state index contributed by atoms with van der Waals surface area (Å²) in [6, 6.07) is 16.9. The molecule has 0 saturated heterocycles. The van der Waals surface area contributed by atoms with Gasteiger partial charge in [-0.05, 0) is 59.7 Å². The number of hydrogen-bond acceptors (Lipinski definition) is 4. The van der Waals surface area contributed by atoms with Crippen LogP contribution in [0.3, 0.4) is 0 Å². The average molecular weight is 310 g/mol. The van der Waals surface area contributed by atoms with Crippen LogP contribution in [0.25, 0.3) is 0 Å². The molecule has 0 aromatic heterocycles. The number of hydrazone groups is 1. The predicted molar refractivity (Wildman–Crippen MR) is 89.4 cm³/mol. The lowest BCUT2D eigenvalue weighted by molar-refractivity contribution is 0.306. The molecule has 0 saturated carbocycles. The first-order chi connectivity index (χ1) is 10.7. The zero-order valence-corrected chi connectivity index (χ0v) is 12.5. The summed E-state index contributed by atoms with van der Waals surface area (Å²) >= 11 is 4.64. The van der Waals surface area contributed by atoms with Crippen LogP contribution in [-0.4, -0.2) is 11.3 Å². The molecule has 0 radical (unpaired) electrons. The maximum absolute atomic E-state index is 8.86. The normalized spacial score (nSPS) is 10.1. The van der Waals surface area contributed by atoms with Gasteiger partial charge in [-0.1, -0.05) is 12.1 Å². The highest BCUT2D eigenvalue weighted by molar-refractivity contribution is 7.80. The van der Waals surface area contributed by atoms with E-state index in [0.717, 1.165) is 16.9 Å². The summed E-state index contributed by atoms with van der Waals surface area (Å²) in [4.78, 5) is 0. The van der Waals surface area contributed by atoms with Crippen LogP contribution in [0.4, 0.5) is 0 Å². The Balaban J connectivity index is 1.92. The number of nitrogens with two attached hydrogens (primary N) is 1. The van der Waals surface area contributed by atoms with E-state index in [0.29, 0.717) is 12.2 Å². The van der Waals surface area contributed by atoms with Crippen molar-refractivity contribution in [2.75, 3.05) is 0 Å². The van der Waals surface area contributed by atoms with Gasteiger partial charge in [0.25, 0.3) is 0 Å². The molecule has 0 aliphatic rings. The Morgan fingerprint density at radius 2 is 2.09 bits per heavy atom. The highest BCUT2D eigenvalue weighted by Crippen LogP contribution is 2.14. The molecule has 0 aliphatic carbocycles. The third-order valence-corrected chi connectivity index (χ3v) is 2.82. The molecule has 0 atom stereocenters. The van der Waals surface area contributed by atoms with Crippen LogP contribution in [0.1, 0.15) is 16.7 Å². The molecule has 0 unspecified atom stereocenters. The van der Waals surface area contributed by atoms with Crippen molar-refractivity contribution >= 4 is 23.5 Å². The zero-order valence-electron chi connectivity index (χ0n) is 11.7. The number of hydrogen-bond donors (Lipinski definition) is 2. The maximum atomic E-state index is 8.86. The topological polar surface area (TPSA) is 83.4 Å². The Morgan fingerprint density at radius 1 is 1.32 bits per heavy atom. The van der Waals surface area contributed by atoms with E-state index in [1.165, 1.54) is 0 Å². The van der Waals surface area contributed by atoms with Crippen molar-refractivity contribution in [1.82, 2.24) is 5.43 Å². The fourth-order valence-corrected chi connectivity index (χ4v) is 1.77. The van der Waals surface area contributed by atoms with Crippen LogP contribution in [-0.2, 0) is 6.61 Å². The Hall–Kier alpha value is -2.91. The summed E-state index contributed by atoms with van der Waals surface area (Å²) in [5.74, 6) is 0.738. The van der Waals surface area contributed by atoms with Gasteiger partial charge in [0.1, 0.15) is 12.4 Å². The van der Waals surface area contributed by atoms with Gasteiger partial charge >= 0.3 is 0 Å². The van der Waals surface area contributed by atoms with E-state index in [9.17, 15) is 0 Å². The first kappa shape index (κ1) is 15.5. The van der Waals surface area contributed by atoms with Crippen LogP contribution >= 0.6 is 12.2 Å². The summed E-state index contributed by atoms with van der Waals surface area (Å²) in [5.41, 5.74) is 10.2. The van der Waals surface area contributed by atoms with E-state index >= 15 is 0 Å². The second-order valence-corrected chi connectivity index (χ2v) is 4.84. The van der Waals surface area contributed by atoms with Crippen LogP contribution in [0, 0.1) is 11.3 Å². The first-order valence-corrected chi connectivity index (χ1v) is 6.88. The van der Waals surface area contributed by atoms with Gasteiger partial charge in [0.15, 0.2) is 5.11 Å². The molecule has 0 spiro atoms. The van der Waals surface area contributed by atoms with E-state index in [2.05, 4.69) is 28.8 Å². The van der Waals surface area contributed by atoms with Gasteiger partial charge in [-0.15, -0.1) is 0 Å². The molecule has 5 nitrogen and oxygen atoms in total. The van der Waals surface area contributed by atoms with Crippen molar-refractivity contribution in [3.8, 4) is 11.8 Å². The van der Waals surface area contributed by atoms with E-state index in [1.807, 2.05) is 42.5 Å². The van der Waals surface area contributed by atoms with Gasteiger partial charge in [-0.2, -0.15) is 10.4 Å². The van der Waals surface area contributed by atoms with Crippen molar-refractivity contribution in [3.63, 3.8) is 0 Å². The summed E-state index contributed by atoms with van der Waals surface area (Å²) < 4.78 is 5.68. The Labute approximate surface area is 134 Å². The molecule has 3 N–H and O–H groups in total. The van der Waals surface area contributed by atoms with Gasteiger partial charge in [0.2, 0.25) is 0 Å². The van der Waals surface area contributed by atoms with Crippen LogP contribution < -0.4 is 15.9 Å². The number of benzene rings is 2. The van der Waals surface area contributed by atoms with Crippen LogP contribution in [0.15, 0.2) is 53.6 Å². The second-order valence-electron chi connectivity index (χ2n) is 4.40. The second kappa shape index (κ2) is 7.76. The predicted octanol–water partition coefficient (Wildman–Crippen LogP) is 2.30. The number of thiocarbonyl (C=S) groups is 1. The standard InChI is InChI=1S/C16H14N4OS/c17-9-13-2-1-3-14(8-13)11-21-15-6-4-12(5-7-15)10-19-20-16(18)22/h1-8,10H,11H2,(H3,18,20,22). The SMILES string of the molecule is N#Cc1cccc(COc2ccc(C=NNC(N)=S)cc2)c1. The number of nitriles is 1. The van der Waals surface area contributed by atoms with Crippen molar-refractivity contribution < 1.29 is 4.74 Å².